The number of esters is 1. The zero-order chi connectivity index (χ0) is 21.8. The van der Waals surface area contributed by atoms with Crippen molar-refractivity contribution < 1.29 is 28.7 Å². The summed E-state index contributed by atoms with van der Waals surface area (Å²) < 4.78 is 10.8. The van der Waals surface area contributed by atoms with Crippen LogP contribution in [0.15, 0.2) is 47.4 Å². The maximum atomic E-state index is 12.5. The highest BCUT2D eigenvalue weighted by atomic mass is 35.5. The van der Waals surface area contributed by atoms with E-state index in [9.17, 15) is 19.2 Å². The van der Waals surface area contributed by atoms with Crippen molar-refractivity contribution in [1.29, 1.82) is 0 Å². The van der Waals surface area contributed by atoms with Crippen molar-refractivity contribution in [3.63, 3.8) is 0 Å². The number of nitrogens with zero attached hydrogens (tertiary/aromatic N) is 1. The van der Waals surface area contributed by atoms with Crippen LogP contribution in [0.1, 0.15) is 15.9 Å². The zero-order valence-corrected chi connectivity index (χ0v) is 17.2. The van der Waals surface area contributed by atoms with Gasteiger partial charge in [-0.15, -0.1) is 0 Å². The molecule has 8 nitrogen and oxygen atoms in total. The SMILES string of the molecule is COc1cccc(/C=C2\SC(=O)N(CC(N)=O)C2=O)c1OC(=O)c1ccc(Cl)cc1. The van der Waals surface area contributed by atoms with Crippen molar-refractivity contribution >= 4 is 52.5 Å². The molecule has 0 unspecified atom stereocenters. The van der Waals surface area contributed by atoms with Crippen LogP contribution in [0.2, 0.25) is 5.02 Å². The topological polar surface area (TPSA) is 116 Å². The largest absolute Gasteiger partial charge is 0.493 e. The third-order valence-electron chi connectivity index (χ3n) is 3.98. The van der Waals surface area contributed by atoms with Crippen LogP contribution in [-0.4, -0.2) is 41.6 Å². The summed E-state index contributed by atoms with van der Waals surface area (Å²) in [5, 5.41) is -0.149. The zero-order valence-electron chi connectivity index (χ0n) is 15.6. The van der Waals surface area contributed by atoms with Crippen molar-refractivity contribution in [3.8, 4) is 11.5 Å². The van der Waals surface area contributed by atoms with Gasteiger partial charge in [0, 0.05) is 10.6 Å². The lowest BCUT2D eigenvalue weighted by Gasteiger charge is -2.12. The smallest absolute Gasteiger partial charge is 0.343 e. The van der Waals surface area contributed by atoms with Crippen LogP contribution in [-0.2, 0) is 9.59 Å². The summed E-state index contributed by atoms with van der Waals surface area (Å²) in [7, 11) is 1.40. The Kier molecular flexibility index (Phi) is 6.43. The molecule has 1 aliphatic heterocycles. The fraction of sp³-hybridized carbons (Fsp3) is 0.100. The molecule has 10 heteroatoms. The second kappa shape index (κ2) is 9.02. The van der Waals surface area contributed by atoms with E-state index in [0.717, 1.165) is 4.90 Å². The molecule has 1 fully saturated rings. The number of para-hydroxylation sites is 1. The number of carbonyl (C=O) groups is 4. The van der Waals surface area contributed by atoms with Gasteiger partial charge in [-0.05, 0) is 48.2 Å². The van der Waals surface area contributed by atoms with E-state index in [-0.39, 0.29) is 22.0 Å². The first-order valence-corrected chi connectivity index (χ1v) is 9.68. The van der Waals surface area contributed by atoms with Crippen LogP contribution in [0, 0.1) is 0 Å². The molecule has 1 aliphatic rings. The predicted octanol–water partition coefficient (Wildman–Crippen LogP) is 3.09. The lowest BCUT2D eigenvalue weighted by Crippen LogP contribution is -2.36. The number of halogens is 1. The van der Waals surface area contributed by atoms with Gasteiger partial charge in [0.25, 0.3) is 11.1 Å². The molecular formula is C20H15ClN2O6S. The minimum atomic E-state index is -0.808. The van der Waals surface area contributed by atoms with Crippen molar-refractivity contribution in [2.45, 2.75) is 0 Å². The maximum Gasteiger partial charge on any atom is 0.343 e. The third kappa shape index (κ3) is 4.64. The minimum absolute atomic E-state index is 0.0540. The van der Waals surface area contributed by atoms with Gasteiger partial charge in [0.05, 0.1) is 17.6 Å². The van der Waals surface area contributed by atoms with E-state index in [1.807, 2.05) is 0 Å². The van der Waals surface area contributed by atoms with Crippen molar-refractivity contribution in [1.82, 2.24) is 4.90 Å². The first-order valence-electron chi connectivity index (χ1n) is 8.48. The molecule has 0 radical (unpaired) electrons. The summed E-state index contributed by atoms with van der Waals surface area (Å²) in [6, 6.07) is 10.9. The highest BCUT2D eigenvalue weighted by molar-refractivity contribution is 8.18. The number of methoxy groups -OCH3 is 1. The van der Waals surface area contributed by atoms with Crippen molar-refractivity contribution in [2.24, 2.45) is 5.73 Å². The molecule has 1 heterocycles. The van der Waals surface area contributed by atoms with E-state index in [2.05, 4.69) is 0 Å². The number of rotatable bonds is 6. The number of benzene rings is 2. The Morgan fingerprint density at radius 3 is 2.50 bits per heavy atom. The Labute approximate surface area is 180 Å². The van der Waals surface area contributed by atoms with E-state index < -0.39 is 29.6 Å². The highest BCUT2D eigenvalue weighted by Crippen LogP contribution is 2.37. The van der Waals surface area contributed by atoms with Crippen LogP contribution in [0.25, 0.3) is 6.08 Å². The molecule has 0 atom stereocenters. The van der Waals surface area contributed by atoms with Gasteiger partial charge in [-0.3, -0.25) is 19.3 Å². The monoisotopic (exact) mass is 446 g/mol. The average Bonchev–Trinajstić information content (AvgIpc) is 2.96. The Morgan fingerprint density at radius 2 is 1.87 bits per heavy atom. The quantitative estimate of drug-likeness (QED) is 0.411. The molecule has 0 bridgehead atoms. The van der Waals surface area contributed by atoms with E-state index in [1.54, 1.807) is 30.3 Å². The second-order valence-electron chi connectivity index (χ2n) is 6.01. The molecule has 1 saturated heterocycles. The molecule has 2 aromatic rings. The molecule has 2 N–H and O–H groups in total. The maximum absolute atomic E-state index is 12.5. The Hall–Kier alpha value is -3.30. The van der Waals surface area contributed by atoms with Crippen LogP contribution >= 0.6 is 23.4 Å². The number of ether oxygens (including phenoxy) is 2. The van der Waals surface area contributed by atoms with Crippen LogP contribution in [0.5, 0.6) is 11.5 Å². The summed E-state index contributed by atoms with van der Waals surface area (Å²) in [5.74, 6) is -1.81. The Balaban J connectivity index is 1.94. The Bertz CT molecular complexity index is 1070. The van der Waals surface area contributed by atoms with Gasteiger partial charge in [-0.25, -0.2) is 4.79 Å². The number of amides is 3. The molecule has 0 saturated carbocycles. The van der Waals surface area contributed by atoms with Gasteiger partial charge in [0.2, 0.25) is 5.91 Å². The molecular weight excluding hydrogens is 432 g/mol. The van der Waals surface area contributed by atoms with E-state index in [4.69, 9.17) is 26.8 Å². The van der Waals surface area contributed by atoms with E-state index >= 15 is 0 Å². The summed E-state index contributed by atoms with van der Waals surface area (Å²) in [6.45, 7) is -0.515. The first-order chi connectivity index (χ1) is 14.3. The van der Waals surface area contributed by atoms with Gasteiger partial charge in [0.15, 0.2) is 11.5 Å². The standard InChI is InChI=1S/C20H15ClN2O6S/c1-28-14-4-2-3-12(9-15-18(25)23(10-16(22)24)20(27)30-15)17(14)29-19(26)11-5-7-13(21)8-6-11/h2-9H,10H2,1H3,(H2,22,24)/b15-9-. The fourth-order valence-electron chi connectivity index (χ4n) is 2.59. The lowest BCUT2D eigenvalue weighted by molar-refractivity contribution is -0.127. The molecule has 3 amide bonds. The van der Waals surface area contributed by atoms with Crippen LogP contribution < -0.4 is 15.2 Å². The molecule has 30 heavy (non-hydrogen) atoms. The molecule has 0 spiro atoms. The van der Waals surface area contributed by atoms with Gasteiger partial charge in [-0.1, -0.05) is 23.7 Å². The highest BCUT2D eigenvalue weighted by Gasteiger charge is 2.36. The van der Waals surface area contributed by atoms with Crippen molar-refractivity contribution in [2.75, 3.05) is 13.7 Å². The third-order valence-corrected chi connectivity index (χ3v) is 5.14. The molecule has 3 rings (SSSR count). The molecule has 0 aromatic heterocycles. The van der Waals surface area contributed by atoms with Crippen LogP contribution in [0.4, 0.5) is 4.79 Å². The molecule has 0 aliphatic carbocycles. The van der Waals surface area contributed by atoms with Gasteiger partial charge >= 0.3 is 5.97 Å². The number of nitrogens with two attached hydrogens (primary N) is 1. The normalized spacial score (nSPS) is 14.9. The van der Waals surface area contributed by atoms with E-state index in [0.29, 0.717) is 22.3 Å². The summed E-state index contributed by atoms with van der Waals surface area (Å²) in [5.41, 5.74) is 5.68. The molecule has 154 valence electrons. The lowest BCUT2D eigenvalue weighted by atomic mass is 10.1. The summed E-state index contributed by atoms with van der Waals surface area (Å²) in [6.07, 6.45) is 1.39. The summed E-state index contributed by atoms with van der Waals surface area (Å²) >= 11 is 6.49. The average molecular weight is 447 g/mol. The number of hydrogen-bond donors (Lipinski definition) is 1. The molecule has 2 aromatic carbocycles. The summed E-state index contributed by atoms with van der Waals surface area (Å²) in [4.78, 5) is 48.9. The van der Waals surface area contributed by atoms with Crippen molar-refractivity contribution in [3.05, 3.63) is 63.5 Å². The number of thioether (sulfide) groups is 1. The van der Waals surface area contributed by atoms with Gasteiger partial charge < -0.3 is 15.2 Å². The van der Waals surface area contributed by atoms with Crippen LogP contribution in [0.3, 0.4) is 0 Å². The number of carbonyl (C=O) groups excluding carboxylic acids is 4. The Morgan fingerprint density at radius 1 is 1.17 bits per heavy atom. The fourth-order valence-corrected chi connectivity index (χ4v) is 3.54. The van der Waals surface area contributed by atoms with Gasteiger partial charge in [0.1, 0.15) is 6.54 Å². The number of imide groups is 1. The number of primary amides is 1. The second-order valence-corrected chi connectivity index (χ2v) is 7.44. The minimum Gasteiger partial charge on any atom is -0.493 e. The predicted molar refractivity (Wildman–Crippen MR) is 111 cm³/mol. The number of hydrogen-bond acceptors (Lipinski definition) is 7. The van der Waals surface area contributed by atoms with Gasteiger partial charge in [-0.2, -0.15) is 0 Å². The first kappa shape index (κ1) is 21.4. The van der Waals surface area contributed by atoms with E-state index in [1.165, 1.54) is 25.3 Å².